The molecule has 0 N–H and O–H groups in total. The number of amides is 1. The molecule has 0 aliphatic carbocycles. The third-order valence-corrected chi connectivity index (χ3v) is 6.42. The number of likely N-dealkylation sites (tertiary alicyclic amines) is 1. The molecule has 5 nitrogen and oxygen atoms in total. The molecule has 3 aromatic rings. The molecule has 0 bridgehead atoms. The molecule has 1 aromatic carbocycles. The van der Waals surface area contributed by atoms with Gasteiger partial charge in [0, 0.05) is 50.6 Å². The maximum Gasteiger partial charge on any atom is 0.258 e. The molecule has 0 unspecified atom stereocenters. The molecule has 0 saturated carbocycles. The first-order chi connectivity index (χ1) is 15.1. The van der Waals surface area contributed by atoms with E-state index in [1.54, 1.807) is 6.20 Å². The molecule has 31 heavy (non-hydrogen) atoms. The van der Waals surface area contributed by atoms with Gasteiger partial charge in [0.1, 0.15) is 17.3 Å². The number of rotatable bonds is 4. The minimum atomic E-state index is -0.225. The highest BCUT2D eigenvalue weighted by Gasteiger charge is 2.36. The molecule has 1 saturated heterocycles. The third kappa shape index (κ3) is 3.88. The van der Waals surface area contributed by atoms with Crippen molar-refractivity contribution in [2.75, 3.05) is 13.1 Å². The lowest BCUT2D eigenvalue weighted by Crippen LogP contribution is -2.34. The fourth-order valence-corrected chi connectivity index (χ4v) is 4.92. The average molecular weight is 420 g/mol. The average Bonchev–Trinajstić information content (AvgIpc) is 3.39. The Bertz CT molecular complexity index is 1080. The van der Waals surface area contributed by atoms with Gasteiger partial charge in [0.25, 0.3) is 5.91 Å². The van der Waals surface area contributed by atoms with Crippen LogP contribution in [0.15, 0.2) is 53.2 Å². The summed E-state index contributed by atoms with van der Waals surface area (Å²) < 4.78 is 19.3. The van der Waals surface area contributed by atoms with Crippen LogP contribution >= 0.6 is 0 Å². The van der Waals surface area contributed by atoms with Crippen molar-refractivity contribution < 1.29 is 13.6 Å². The van der Waals surface area contributed by atoms with Crippen LogP contribution in [0.2, 0.25) is 0 Å². The van der Waals surface area contributed by atoms with Crippen molar-refractivity contribution in [1.82, 2.24) is 14.8 Å². The topological polar surface area (TPSA) is 49.6 Å². The second-order valence-corrected chi connectivity index (χ2v) is 8.47. The number of aryl methyl sites for hydroxylation is 1. The fraction of sp³-hybridized carbons (Fsp3) is 0.360. The molecule has 0 spiro atoms. The van der Waals surface area contributed by atoms with Crippen molar-refractivity contribution in [2.45, 2.75) is 45.3 Å². The van der Waals surface area contributed by atoms with E-state index in [-0.39, 0.29) is 17.8 Å². The summed E-state index contributed by atoms with van der Waals surface area (Å²) in [5.41, 5.74) is 3.87. The molecule has 2 aliphatic heterocycles. The zero-order chi connectivity index (χ0) is 21.4. The van der Waals surface area contributed by atoms with E-state index in [0.717, 1.165) is 66.9 Å². The number of nitrogens with zero attached hydrogens (tertiary/aromatic N) is 3. The molecule has 1 amide bonds. The molecule has 5 rings (SSSR count). The summed E-state index contributed by atoms with van der Waals surface area (Å²) in [6.45, 7) is 4.88. The molecular weight excluding hydrogens is 393 g/mol. The van der Waals surface area contributed by atoms with E-state index in [1.807, 2.05) is 42.3 Å². The number of hydrogen-bond acceptors (Lipinski definition) is 4. The monoisotopic (exact) mass is 419 g/mol. The van der Waals surface area contributed by atoms with E-state index in [4.69, 9.17) is 4.42 Å². The first-order valence-corrected chi connectivity index (χ1v) is 10.9. The molecule has 160 valence electrons. The van der Waals surface area contributed by atoms with Crippen molar-refractivity contribution >= 4 is 5.91 Å². The highest BCUT2D eigenvalue weighted by atomic mass is 19.1. The lowest BCUT2D eigenvalue weighted by Gasteiger charge is -2.28. The van der Waals surface area contributed by atoms with E-state index < -0.39 is 0 Å². The first kappa shape index (κ1) is 19.9. The Morgan fingerprint density at radius 2 is 2.06 bits per heavy atom. The Morgan fingerprint density at radius 3 is 2.84 bits per heavy atom. The van der Waals surface area contributed by atoms with Gasteiger partial charge >= 0.3 is 0 Å². The van der Waals surface area contributed by atoms with Gasteiger partial charge in [0.05, 0.1) is 11.6 Å². The van der Waals surface area contributed by atoms with Gasteiger partial charge in [-0.25, -0.2) is 4.39 Å². The van der Waals surface area contributed by atoms with Gasteiger partial charge in [0.15, 0.2) is 0 Å². The molecule has 2 aliphatic rings. The Morgan fingerprint density at radius 1 is 1.23 bits per heavy atom. The summed E-state index contributed by atoms with van der Waals surface area (Å²) in [5.74, 6) is 1.46. The predicted octanol–water partition coefficient (Wildman–Crippen LogP) is 4.66. The van der Waals surface area contributed by atoms with Crippen LogP contribution in [0.25, 0.3) is 0 Å². The number of benzene rings is 1. The van der Waals surface area contributed by atoms with Crippen LogP contribution in [0.5, 0.6) is 0 Å². The van der Waals surface area contributed by atoms with Crippen LogP contribution in [0.3, 0.4) is 0 Å². The molecule has 6 heteroatoms. The van der Waals surface area contributed by atoms with Crippen LogP contribution in [0, 0.1) is 12.7 Å². The number of carbonyl (C=O) groups is 1. The van der Waals surface area contributed by atoms with E-state index in [2.05, 4.69) is 9.88 Å². The van der Waals surface area contributed by atoms with Crippen molar-refractivity contribution in [3.05, 3.63) is 88.4 Å². The number of fused-ring (bicyclic) bond motifs is 1. The lowest BCUT2D eigenvalue weighted by molar-refractivity contribution is 0.0731. The van der Waals surface area contributed by atoms with Gasteiger partial charge in [-0.1, -0.05) is 18.2 Å². The molecule has 0 radical (unpaired) electrons. The Labute approximate surface area is 181 Å². The number of hydrogen-bond donors (Lipinski definition) is 0. The number of carbonyl (C=O) groups excluding carboxylic acids is 1. The quantitative estimate of drug-likeness (QED) is 0.617. The van der Waals surface area contributed by atoms with E-state index in [1.165, 1.54) is 12.1 Å². The summed E-state index contributed by atoms with van der Waals surface area (Å²) >= 11 is 0. The normalized spacial score (nSPS) is 18.9. The number of furan rings is 1. The Hall–Kier alpha value is -2.99. The molecule has 4 heterocycles. The SMILES string of the molecule is Cc1oc2c(c1C(=O)N1CCC[C@@H]1c1cccnc1)CN(Cc1ccc(F)cc1)CC2. The summed E-state index contributed by atoms with van der Waals surface area (Å²) in [4.78, 5) is 22.2. The van der Waals surface area contributed by atoms with Gasteiger partial charge in [-0.15, -0.1) is 0 Å². The summed E-state index contributed by atoms with van der Waals surface area (Å²) in [6, 6.07) is 10.7. The van der Waals surface area contributed by atoms with Crippen LogP contribution < -0.4 is 0 Å². The zero-order valence-corrected chi connectivity index (χ0v) is 17.7. The second-order valence-electron chi connectivity index (χ2n) is 8.47. The van der Waals surface area contributed by atoms with Gasteiger partial charge in [0.2, 0.25) is 0 Å². The maximum atomic E-state index is 13.7. The van der Waals surface area contributed by atoms with Crippen molar-refractivity contribution in [3.8, 4) is 0 Å². The zero-order valence-electron chi connectivity index (χ0n) is 17.7. The highest BCUT2D eigenvalue weighted by Crippen LogP contribution is 2.36. The van der Waals surface area contributed by atoms with Crippen molar-refractivity contribution in [1.29, 1.82) is 0 Å². The van der Waals surface area contributed by atoms with Gasteiger partial charge in [-0.2, -0.15) is 0 Å². The summed E-state index contributed by atoms with van der Waals surface area (Å²) in [5, 5.41) is 0. The Kier molecular flexibility index (Phi) is 5.32. The van der Waals surface area contributed by atoms with E-state index >= 15 is 0 Å². The Balaban J connectivity index is 1.39. The van der Waals surface area contributed by atoms with Gasteiger partial charge in [-0.3, -0.25) is 14.7 Å². The largest absolute Gasteiger partial charge is 0.465 e. The van der Waals surface area contributed by atoms with E-state index in [0.29, 0.717) is 12.3 Å². The number of pyridine rings is 1. The highest BCUT2D eigenvalue weighted by molar-refractivity contribution is 5.97. The van der Waals surface area contributed by atoms with E-state index in [9.17, 15) is 9.18 Å². The minimum Gasteiger partial charge on any atom is -0.465 e. The van der Waals surface area contributed by atoms with Gasteiger partial charge < -0.3 is 9.32 Å². The standard InChI is InChI=1S/C25H26FN3O2/c1-17-24(25(30)29-12-3-5-22(29)19-4-2-11-27-14-19)21-16-28(13-10-23(21)31-17)15-18-6-8-20(26)9-7-18/h2,4,6-9,11,14,22H,3,5,10,12-13,15-16H2,1H3/t22-/m1/s1. The molecule has 2 aromatic heterocycles. The van der Waals surface area contributed by atoms with Crippen LogP contribution in [0.4, 0.5) is 4.39 Å². The van der Waals surface area contributed by atoms with Crippen LogP contribution in [-0.4, -0.2) is 33.8 Å². The number of halogens is 1. The van der Waals surface area contributed by atoms with Crippen molar-refractivity contribution in [3.63, 3.8) is 0 Å². The fourth-order valence-electron chi connectivity index (χ4n) is 4.92. The lowest BCUT2D eigenvalue weighted by atomic mass is 10.00. The molecular formula is C25H26FN3O2. The van der Waals surface area contributed by atoms with Gasteiger partial charge in [-0.05, 0) is 49.1 Å². The second kappa shape index (κ2) is 8.27. The van der Waals surface area contributed by atoms with Crippen molar-refractivity contribution in [2.24, 2.45) is 0 Å². The summed E-state index contributed by atoms with van der Waals surface area (Å²) in [7, 11) is 0. The molecule has 1 atom stereocenters. The molecule has 1 fully saturated rings. The number of aromatic nitrogens is 1. The van der Waals surface area contributed by atoms with Crippen LogP contribution in [0.1, 0.15) is 57.5 Å². The maximum absolute atomic E-state index is 13.7. The third-order valence-electron chi connectivity index (χ3n) is 6.42. The van der Waals surface area contributed by atoms with Crippen LogP contribution in [-0.2, 0) is 19.5 Å². The first-order valence-electron chi connectivity index (χ1n) is 10.9. The summed E-state index contributed by atoms with van der Waals surface area (Å²) in [6.07, 6.45) is 6.33. The minimum absolute atomic E-state index is 0.0532. The smallest absolute Gasteiger partial charge is 0.258 e. The predicted molar refractivity (Wildman–Crippen MR) is 115 cm³/mol.